The van der Waals surface area contributed by atoms with Gasteiger partial charge in [-0.25, -0.2) is 4.98 Å². The van der Waals surface area contributed by atoms with Crippen LogP contribution in [0.2, 0.25) is 0 Å². The zero-order valence-electron chi connectivity index (χ0n) is 9.53. The highest BCUT2D eigenvalue weighted by atomic mass is 14.9. The van der Waals surface area contributed by atoms with Crippen LogP contribution in [0.5, 0.6) is 0 Å². The molecule has 2 aromatic rings. The Morgan fingerprint density at radius 2 is 2.00 bits per heavy atom. The highest BCUT2D eigenvalue weighted by molar-refractivity contribution is 5.62. The number of imidazole rings is 1. The highest BCUT2D eigenvalue weighted by Gasteiger charge is 2.05. The lowest BCUT2D eigenvalue weighted by Crippen LogP contribution is -2.02. The summed E-state index contributed by atoms with van der Waals surface area (Å²) in [6, 6.07) is 8.47. The van der Waals surface area contributed by atoms with Crippen LogP contribution in [0.3, 0.4) is 0 Å². The van der Waals surface area contributed by atoms with E-state index in [9.17, 15) is 0 Å². The zero-order chi connectivity index (χ0) is 11.4. The molecule has 0 atom stereocenters. The van der Waals surface area contributed by atoms with E-state index in [-0.39, 0.29) is 0 Å². The number of aromatic nitrogens is 2. The summed E-state index contributed by atoms with van der Waals surface area (Å²) in [6.07, 6.45) is 3.66. The second-order valence-electron chi connectivity index (χ2n) is 3.82. The van der Waals surface area contributed by atoms with Crippen LogP contribution in [0.15, 0.2) is 30.6 Å². The third kappa shape index (κ3) is 2.14. The largest absolute Gasteiger partial charge is 0.348 e. The van der Waals surface area contributed by atoms with Crippen molar-refractivity contribution in [2.24, 2.45) is 5.73 Å². The fraction of sp³-hybridized carbons (Fsp3) is 0.308. The quantitative estimate of drug-likeness (QED) is 0.821. The monoisotopic (exact) mass is 215 g/mol. The molecule has 3 nitrogen and oxygen atoms in total. The molecule has 2 rings (SSSR count). The molecule has 0 amide bonds. The van der Waals surface area contributed by atoms with Gasteiger partial charge < -0.3 is 10.7 Å². The molecule has 0 aliphatic heterocycles. The van der Waals surface area contributed by atoms with Crippen LogP contribution in [0, 0.1) is 0 Å². The molecular weight excluding hydrogens is 198 g/mol. The molecule has 1 aromatic carbocycles. The van der Waals surface area contributed by atoms with Crippen molar-refractivity contribution in [3.63, 3.8) is 0 Å². The van der Waals surface area contributed by atoms with E-state index in [0.29, 0.717) is 6.54 Å². The van der Waals surface area contributed by atoms with Crippen LogP contribution < -0.4 is 5.73 Å². The molecule has 0 unspecified atom stereocenters. The van der Waals surface area contributed by atoms with E-state index in [4.69, 9.17) is 5.73 Å². The van der Waals surface area contributed by atoms with Gasteiger partial charge in [-0.1, -0.05) is 31.2 Å². The van der Waals surface area contributed by atoms with Crippen LogP contribution in [-0.2, 0) is 12.8 Å². The van der Waals surface area contributed by atoms with Gasteiger partial charge in [-0.3, -0.25) is 0 Å². The normalized spacial score (nSPS) is 10.6. The van der Waals surface area contributed by atoms with Crippen LogP contribution in [-0.4, -0.2) is 16.5 Å². The van der Waals surface area contributed by atoms with Crippen LogP contribution in [0.1, 0.15) is 18.2 Å². The fourth-order valence-electron chi connectivity index (χ4n) is 1.84. The Balaban J connectivity index is 2.27. The van der Waals surface area contributed by atoms with Gasteiger partial charge in [0.15, 0.2) is 0 Å². The lowest BCUT2D eigenvalue weighted by Gasteiger charge is -2.02. The van der Waals surface area contributed by atoms with E-state index < -0.39 is 0 Å². The SMILES string of the molecule is CCc1[nH]cnc1-c1ccc(CCN)cc1. The van der Waals surface area contributed by atoms with Crippen LogP contribution in [0.4, 0.5) is 0 Å². The van der Waals surface area contributed by atoms with Gasteiger partial charge in [0.1, 0.15) is 0 Å². The smallest absolute Gasteiger partial charge is 0.0929 e. The molecule has 0 spiro atoms. The first kappa shape index (κ1) is 10.9. The maximum atomic E-state index is 5.52. The van der Waals surface area contributed by atoms with E-state index in [1.165, 1.54) is 16.8 Å². The summed E-state index contributed by atoms with van der Waals surface area (Å²) in [5, 5.41) is 0. The number of aryl methyl sites for hydroxylation is 1. The molecule has 0 saturated heterocycles. The van der Waals surface area contributed by atoms with E-state index in [1.807, 2.05) is 0 Å². The summed E-state index contributed by atoms with van der Waals surface area (Å²) in [4.78, 5) is 7.52. The molecule has 0 radical (unpaired) electrons. The molecule has 84 valence electrons. The number of benzene rings is 1. The molecule has 16 heavy (non-hydrogen) atoms. The van der Waals surface area contributed by atoms with Crippen molar-refractivity contribution in [2.75, 3.05) is 6.54 Å². The number of nitrogens with one attached hydrogen (secondary N) is 1. The minimum absolute atomic E-state index is 0.696. The molecule has 3 N–H and O–H groups in total. The summed E-state index contributed by atoms with van der Waals surface area (Å²) in [5.74, 6) is 0. The number of hydrogen-bond acceptors (Lipinski definition) is 2. The van der Waals surface area contributed by atoms with Gasteiger partial charge in [0.2, 0.25) is 0 Å². The van der Waals surface area contributed by atoms with Crippen LogP contribution in [0.25, 0.3) is 11.3 Å². The fourth-order valence-corrected chi connectivity index (χ4v) is 1.84. The predicted molar refractivity (Wildman–Crippen MR) is 66.2 cm³/mol. The minimum atomic E-state index is 0.696. The Morgan fingerprint density at radius 1 is 1.25 bits per heavy atom. The van der Waals surface area contributed by atoms with Gasteiger partial charge in [-0.2, -0.15) is 0 Å². The summed E-state index contributed by atoms with van der Waals surface area (Å²) >= 11 is 0. The Labute approximate surface area is 95.7 Å². The molecule has 0 bridgehead atoms. The number of H-pyrrole nitrogens is 1. The van der Waals surface area contributed by atoms with E-state index in [0.717, 1.165) is 18.5 Å². The van der Waals surface area contributed by atoms with Gasteiger partial charge in [0.05, 0.1) is 12.0 Å². The van der Waals surface area contributed by atoms with Gasteiger partial charge in [0.25, 0.3) is 0 Å². The number of nitrogens with two attached hydrogens (primary N) is 1. The third-order valence-corrected chi connectivity index (χ3v) is 2.73. The van der Waals surface area contributed by atoms with Crippen molar-refractivity contribution in [1.82, 2.24) is 9.97 Å². The third-order valence-electron chi connectivity index (χ3n) is 2.73. The lowest BCUT2D eigenvalue weighted by molar-refractivity contribution is 0.969. The van der Waals surface area contributed by atoms with Gasteiger partial charge in [-0.05, 0) is 24.9 Å². The van der Waals surface area contributed by atoms with E-state index in [2.05, 4.69) is 41.2 Å². The number of hydrogen-bond donors (Lipinski definition) is 2. The van der Waals surface area contributed by atoms with Crippen molar-refractivity contribution in [3.05, 3.63) is 41.9 Å². The highest BCUT2D eigenvalue weighted by Crippen LogP contribution is 2.21. The first-order valence-corrected chi connectivity index (χ1v) is 5.66. The lowest BCUT2D eigenvalue weighted by atomic mass is 10.1. The maximum Gasteiger partial charge on any atom is 0.0929 e. The first-order valence-electron chi connectivity index (χ1n) is 5.66. The van der Waals surface area contributed by atoms with Crippen molar-refractivity contribution >= 4 is 0 Å². The average Bonchev–Trinajstić information content (AvgIpc) is 2.78. The second kappa shape index (κ2) is 4.94. The topological polar surface area (TPSA) is 54.7 Å². The van der Waals surface area contributed by atoms with E-state index >= 15 is 0 Å². The summed E-state index contributed by atoms with van der Waals surface area (Å²) in [6.45, 7) is 2.82. The second-order valence-corrected chi connectivity index (χ2v) is 3.82. The molecule has 1 aromatic heterocycles. The Kier molecular flexibility index (Phi) is 3.37. The zero-order valence-corrected chi connectivity index (χ0v) is 9.53. The number of aromatic amines is 1. The molecule has 0 aliphatic rings. The van der Waals surface area contributed by atoms with Crippen molar-refractivity contribution in [3.8, 4) is 11.3 Å². The van der Waals surface area contributed by atoms with Gasteiger partial charge >= 0.3 is 0 Å². The molecule has 1 heterocycles. The minimum Gasteiger partial charge on any atom is -0.348 e. The Morgan fingerprint density at radius 3 is 2.62 bits per heavy atom. The number of nitrogens with zero attached hydrogens (tertiary/aromatic N) is 1. The summed E-state index contributed by atoms with van der Waals surface area (Å²) in [5.41, 5.74) is 10.2. The molecule has 0 fully saturated rings. The average molecular weight is 215 g/mol. The summed E-state index contributed by atoms with van der Waals surface area (Å²) < 4.78 is 0. The van der Waals surface area contributed by atoms with Crippen molar-refractivity contribution in [2.45, 2.75) is 19.8 Å². The Bertz CT molecular complexity index is 442. The maximum absolute atomic E-state index is 5.52. The van der Waals surface area contributed by atoms with Crippen molar-refractivity contribution in [1.29, 1.82) is 0 Å². The predicted octanol–water partition coefficient (Wildman–Crippen LogP) is 2.14. The van der Waals surface area contributed by atoms with Gasteiger partial charge in [-0.15, -0.1) is 0 Å². The first-order chi connectivity index (χ1) is 7.85. The Hall–Kier alpha value is -1.61. The molecule has 0 aliphatic carbocycles. The van der Waals surface area contributed by atoms with Crippen molar-refractivity contribution < 1.29 is 0 Å². The standard InChI is InChI=1S/C13H17N3/c1-2-12-13(16-9-15-12)11-5-3-10(4-6-11)7-8-14/h3-6,9H,2,7-8,14H2,1H3,(H,15,16). The summed E-state index contributed by atoms with van der Waals surface area (Å²) in [7, 11) is 0. The molecular formula is C13H17N3. The van der Waals surface area contributed by atoms with Crippen LogP contribution >= 0.6 is 0 Å². The molecule has 0 saturated carbocycles. The van der Waals surface area contributed by atoms with E-state index in [1.54, 1.807) is 6.33 Å². The van der Waals surface area contributed by atoms with Gasteiger partial charge in [0, 0.05) is 11.3 Å². The number of rotatable bonds is 4. The molecule has 3 heteroatoms.